The van der Waals surface area contributed by atoms with E-state index in [9.17, 15) is 4.79 Å². The molecule has 2 heterocycles. The molecule has 2 rings (SSSR count). The van der Waals surface area contributed by atoms with Gasteiger partial charge in [-0.25, -0.2) is 4.98 Å². The van der Waals surface area contributed by atoms with Crippen LogP contribution < -0.4 is 10.6 Å². The van der Waals surface area contributed by atoms with E-state index in [1.54, 1.807) is 13.1 Å². The summed E-state index contributed by atoms with van der Waals surface area (Å²) in [6.07, 6.45) is 1.93. The summed E-state index contributed by atoms with van der Waals surface area (Å²) < 4.78 is 5.45. The third-order valence-electron chi connectivity index (χ3n) is 3.06. The van der Waals surface area contributed by atoms with E-state index in [2.05, 4.69) is 15.6 Å². The molecule has 1 aliphatic heterocycles. The molecule has 5 heteroatoms. The van der Waals surface area contributed by atoms with Gasteiger partial charge in [-0.1, -0.05) is 6.07 Å². The van der Waals surface area contributed by atoms with Crippen LogP contribution in [0.1, 0.15) is 30.3 Å². The largest absolute Gasteiger partial charge is 0.378 e. The number of anilines is 1. The minimum absolute atomic E-state index is 0.119. The van der Waals surface area contributed by atoms with Gasteiger partial charge in [-0.3, -0.25) is 4.79 Å². The average molecular weight is 249 g/mol. The van der Waals surface area contributed by atoms with E-state index >= 15 is 0 Å². The summed E-state index contributed by atoms with van der Waals surface area (Å²) in [5.74, 6) is 0.578. The van der Waals surface area contributed by atoms with Crippen molar-refractivity contribution in [2.45, 2.75) is 31.9 Å². The minimum Gasteiger partial charge on any atom is -0.378 e. The van der Waals surface area contributed by atoms with Gasteiger partial charge < -0.3 is 15.4 Å². The fourth-order valence-electron chi connectivity index (χ4n) is 2.09. The van der Waals surface area contributed by atoms with Crippen LogP contribution >= 0.6 is 0 Å². The molecule has 5 nitrogen and oxygen atoms in total. The molecule has 0 saturated carbocycles. The van der Waals surface area contributed by atoms with E-state index in [0.29, 0.717) is 18.1 Å². The first-order valence-corrected chi connectivity index (χ1v) is 6.26. The number of rotatable bonds is 3. The van der Waals surface area contributed by atoms with Gasteiger partial charge in [0.1, 0.15) is 11.5 Å². The molecule has 0 aliphatic carbocycles. The lowest BCUT2D eigenvalue weighted by atomic mass is 10.0. The Bertz CT molecular complexity index is 422. The molecule has 98 valence electrons. The number of carbonyl (C=O) groups is 1. The highest BCUT2D eigenvalue weighted by Gasteiger charge is 2.21. The quantitative estimate of drug-likeness (QED) is 0.850. The molecule has 2 N–H and O–H groups in total. The Morgan fingerprint density at radius 2 is 2.33 bits per heavy atom. The molecule has 2 atom stereocenters. The summed E-state index contributed by atoms with van der Waals surface area (Å²) in [5, 5.41) is 5.93. The molecule has 0 aromatic carbocycles. The zero-order valence-corrected chi connectivity index (χ0v) is 10.8. The molecular formula is C13H19N3O2. The van der Waals surface area contributed by atoms with Crippen molar-refractivity contribution in [3.05, 3.63) is 23.9 Å². The number of hydrogen-bond donors (Lipinski definition) is 2. The van der Waals surface area contributed by atoms with E-state index in [4.69, 9.17) is 4.74 Å². The fraction of sp³-hybridized carbons (Fsp3) is 0.538. The monoisotopic (exact) mass is 249 g/mol. The van der Waals surface area contributed by atoms with Gasteiger partial charge in [-0.2, -0.15) is 0 Å². The summed E-state index contributed by atoms with van der Waals surface area (Å²) in [6.45, 7) is 2.73. The number of carbonyl (C=O) groups excluding carboxylic acids is 1. The Hall–Kier alpha value is -1.62. The molecule has 1 saturated heterocycles. The van der Waals surface area contributed by atoms with Crippen molar-refractivity contribution in [2.75, 3.05) is 19.0 Å². The lowest BCUT2D eigenvalue weighted by Crippen LogP contribution is -2.41. The van der Waals surface area contributed by atoms with Crippen LogP contribution in [0.3, 0.4) is 0 Å². The van der Waals surface area contributed by atoms with Crippen LogP contribution in [0.2, 0.25) is 0 Å². The Labute approximate surface area is 107 Å². The second-order valence-electron chi connectivity index (χ2n) is 4.53. The Kier molecular flexibility index (Phi) is 4.15. The smallest absolute Gasteiger partial charge is 0.270 e. The highest BCUT2D eigenvalue weighted by molar-refractivity contribution is 5.92. The number of nitrogens with one attached hydrogen (secondary N) is 2. The van der Waals surface area contributed by atoms with Gasteiger partial charge in [0.15, 0.2) is 0 Å². The van der Waals surface area contributed by atoms with Crippen molar-refractivity contribution in [3.8, 4) is 0 Å². The second kappa shape index (κ2) is 5.82. The zero-order valence-electron chi connectivity index (χ0n) is 10.8. The highest BCUT2D eigenvalue weighted by atomic mass is 16.5. The van der Waals surface area contributed by atoms with Crippen molar-refractivity contribution < 1.29 is 9.53 Å². The summed E-state index contributed by atoms with van der Waals surface area (Å²) in [6, 6.07) is 5.55. The van der Waals surface area contributed by atoms with Gasteiger partial charge in [0.25, 0.3) is 5.91 Å². The van der Waals surface area contributed by atoms with Crippen LogP contribution in [0.15, 0.2) is 18.2 Å². The number of ether oxygens (including phenoxy) is 1. The molecule has 1 amide bonds. The summed E-state index contributed by atoms with van der Waals surface area (Å²) in [5.41, 5.74) is 0.445. The van der Waals surface area contributed by atoms with Gasteiger partial charge in [0.05, 0.1) is 6.10 Å². The van der Waals surface area contributed by atoms with Crippen molar-refractivity contribution in [1.82, 2.24) is 10.3 Å². The van der Waals surface area contributed by atoms with Crippen molar-refractivity contribution in [2.24, 2.45) is 0 Å². The molecule has 1 fully saturated rings. The predicted molar refractivity (Wildman–Crippen MR) is 69.7 cm³/mol. The highest BCUT2D eigenvalue weighted by Crippen LogP contribution is 2.14. The lowest BCUT2D eigenvalue weighted by Gasteiger charge is -2.27. The van der Waals surface area contributed by atoms with Gasteiger partial charge in [-0.05, 0) is 31.9 Å². The van der Waals surface area contributed by atoms with Crippen molar-refractivity contribution in [3.63, 3.8) is 0 Å². The lowest BCUT2D eigenvalue weighted by molar-refractivity contribution is 0.0136. The van der Waals surface area contributed by atoms with E-state index in [0.717, 1.165) is 12.8 Å². The van der Waals surface area contributed by atoms with Crippen LogP contribution in [0, 0.1) is 0 Å². The average Bonchev–Trinajstić information content (AvgIpc) is 2.39. The Morgan fingerprint density at radius 1 is 1.50 bits per heavy atom. The third-order valence-corrected chi connectivity index (χ3v) is 3.06. The molecule has 1 aromatic rings. The van der Waals surface area contributed by atoms with Crippen LogP contribution in [0.25, 0.3) is 0 Å². The molecule has 1 aromatic heterocycles. The second-order valence-corrected chi connectivity index (χ2v) is 4.53. The molecule has 18 heavy (non-hydrogen) atoms. The fourth-order valence-corrected chi connectivity index (χ4v) is 2.09. The Balaban J connectivity index is 1.98. The molecule has 0 spiro atoms. The van der Waals surface area contributed by atoms with E-state index in [1.807, 2.05) is 19.1 Å². The van der Waals surface area contributed by atoms with Crippen LogP contribution in [0.4, 0.5) is 5.82 Å². The predicted octanol–water partition coefficient (Wildman–Crippen LogP) is 1.42. The zero-order chi connectivity index (χ0) is 13.0. The summed E-state index contributed by atoms with van der Waals surface area (Å²) >= 11 is 0. The van der Waals surface area contributed by atoms with E-state index in [-0.39, 0.29) is 18.1 Å². The van der Waals surface area contributed by atoms with Crippen LogP contribution in [0.5, 0.6) is 0 Å². The number of pyridine rings is 1. The molecule has 1 aliphatic rings. The topological polar surface area (TPSA) is 63.2 Å². The first kappa shape index (κ1) is 12.8. The molecule has 0 radical (unpaired) electrons. The summed E-state index contributed by atoms with van der Waals surface area (Å²) in [4.78, 5) is 16.3. The van der Waals surface area contributed by atoms with Gasteiger partial charge in [0, 0.05) is 19.7 Å². The molecule has 2 unspecified atom stereocenters. The standard InChI is InChI=1S/C13H19N3O2/c1-9-8-10(6-7-18-9)15-13(17)11-4-3-5-12(14-2)16-11/h3-5,9-10H,6-8H2,1-2H3,(H,14,16)(H,15,17). The maximum atomic E-state index is 12.0. The van der Waals surface area contributed by atoms with Crippen molar-refractivity contribution in [1.29, 1.82) is 0 Å². The van der Waals surface area contributed by atoms with Gasteiger partial charge >= 0.3 is 0 Å². The van der Waals surface area contributed by atoms with E-state index in [1.165, 1.54) is 0 Å². The van der Waals surface area contributed by atoms with Crippen LogP contribution in [-0.4, -0.2) is 36.7 Å². The normalized spacial score (nSPS) is 23.4. The third kappa shape index (κ3) is 3.20. The maximum Gasteiger partial charge on any atom is 0.270 e. The SMILES string of the molecule is CNc1cccc(C(=O)NC2CCOC(C)C2)n1. The number of aromatic nitrogens is 1. The van der Waals surface area contributed by atoms with Gasteiger partial charge in [-0.15, -0.1) is 0 Å². The molecule has 0 bridgehead atoms. The Morgan fingerprint density at radius 3 is 3.06 bits per heavy atom. The maximum absolute atomic E-state index is 12.0. The molecular weight excluding hydrogens is 230 g/mol. The van der Waals surface area contributed by atoms with Gasteiger partial charge in [0.2, 0.25) is 0 Å². The summed E-state index contributed by atoms with van der Waals surface area (Å²) in [7, 11) is 1.78. The minimum atomic E-state index is -0.119. The first-order valence-electron chi connectivity index (χ1n) is 6.26. The number of hydrogen-bond acceptors (Lipinski definition) is 4. The van der Waals surface area contributed by atoms with E-state index < -0.39 is 0 Å². The number of amides is 1. The number of nitrogens with zero attached hydrogens (tertiary/aromatic N) is 1. The first-order chi connectivity index (χ1) is 8.69. The van der Waals surface area contributed by atoms with Crippen molar-refractivity contribution >= 4 is 11.7 Å². The van der Waals surface area contributed by atoms with Crippen LogP contribution in [-0.2, 0) is 4.74 Å².